The molecule has 0 amide bonds. The summed E-state index contributed by atoms with van der Waals surface area (Å²) in [6.45, 7) is 4.49. The van der Waals surface area contributed by atoms with Crippen molar-refractivity contribution in [1.82, 2.24) is 4.72 Å². The summed E-state index contributed by atoms with van der Waals surface area (Å²) >= 11 is 1.43. The maximum Gasteiger partial charge on any atom is 0.326 e. The SMILES string of the molecule is CCCCC1(CC)CN(c2ccccc2)c2cc(SC)c(OC[C@H](N)C(=O)OC)cc2S(=O)(=O)N1. The zero-order valence-corrected chi connectivity index (χ0v) is 22.4. The number of para-hydroxylation sites is 1. The van der Waals surface area contributed by atoms with E-state index in [-0.39, 0.29) is 11.5 Å². The summed E-state index contributed by atoms with van der Waals surface area (Å²) in [5, 5.41) is 0. The molecule has 0 bridgehead atoms. The van der Waals surface area contributed by atoms with E-state index in [1.54, 1.807) is 0 Å². The molecule has 2 aromatic rings. The van der Waals surface area contributed by atoms with Crippen molar-refractivity contribution in [2.75, 3.05) is 31.4 Å². The van der Waals surface area contributed by atoms with Gasteiger partial charge in [0.1, 0.15) is 23.3 Å². The molecule has 1 heterocycles. The highest BCUT2D eigenvalue weighted by Gasteiger charge is 2.41. The molecule has 1 aliphatic heterocycles. The van der Waals surface area contributed by atoms with Crippen molar-refractivity contribution in [2.45, 2.75) is 60.9 Å². The molecule has 3 rings (SSSR count). The smallest absolute Gasteiger partial charge is 0.326 e. The molecule has 35 heavy (non-hydrogen) atoms. The lowest BCUT2D eigenvalue weighted by Crippen LogP contribution is -2.52. The number of esters is 1. The van der Waals surface area contributed by atoms with Gasteiger partial charge in [0.25, 0.3) is 0 Å². The molecule has 2 atom stereocenters. The number of rotatable bonds is 10. The second-order valence-electron chi connectivity index (χ2n) is 8.68. The van der Waals surface area contributed by atoms with Gasteiger partial charge >= 0.3 is 5.97 Å². The predicted molar refractivity (Wildman–Crippen MR) is 140 cm³/mol. The predicted octanol–water partition coefficient (Wildman–Crippen LogP) is 4.06. The number of hydrogen-bond donors (Lipinski definition) is 2. The van der Waals surface area contributed by atoms with Crippen LogP contribution >= 0.6 is 11.8 Å². The van der Waals surface area contributed by atoms with Crippen LogP contribution in [-0.2, 0) is 19.6 Å². The number of thioether (sulfide) groups is 1. The molecule has 2 aromatic carbocycles. The lowest BCUT2D eigenvalue weighted by molar-refractivity contribution is -0.142. The van der Waals surface area contributed by atoms with Crippen molar-refractivity contribution in [3.63, 3.8) is 0 Å². The van der Waals surface area contributed by atoms with Crippen LogP contribution < -0.4 is 20.1 Å². The fourth-order valence-electron chi connectivity index (χ4n) is 4.23. The van der Waals surface area contributed by atoms with Crippen LogP contribution in [0, 0.1) is 0 Å². The van der Waals surface area contributed by atoms with Gasteiger partial charge in [-0.15, -0.1) is 11.8 Å². The molecular weight excluding hydrogens is 486 g/mol. The Hall–Kier alpha value is -2.27. The van der Waals surface area contributed by atoms with Crippen LogP contribution in [-0.4, -0.2) is 52.5 Å². The van der Waals surface area contributed by atoms with Crippen LogP contribution in [0.3, 0.4) is 0 Å². The van der Waals surface area contributed by atoms with Crippen LogP contribution in [0.2, 0.25) is 0 Å². The maximum atomic E-state index is 13.8. The number of carbonyl (C=O) groups is 1. The van der Waals surface area contributed by atoms with Gasteiger partial charge in [0.2, 0.25) is 10.0 Å². The number of ether oxygens (including phenoxy) is 2. The number of benzene rings is 2. The molecule has 192 valence electrons. The summed E-state index contributed by atoms with van der Waals surface area (Å²) in [6, 6.07) is 12.2. The number of unbranched alkanes of at least 4 members (excludes halogenated alkanes) is 1. The van der Waals surface area contributed by atoms with E-state index < -0.39 is 27.6 Å². The minimum absolute atomic E-state index is 0.132. The molecule has 0 aliphatic carbocycles. The fraction of sp³-hybridized carbons (Fsp3) is 0.480. The first-order valence-electron chi connectivity index (χ1n) is 11.7. The van der Waals surface area contributed by atoms with Crippen molar-refractivity contribution < 1.29 is 22.7 Å². The first kappa shape index (κ1) is 27.3. The van der Waals surface area contributed by atoms with E-state index in [9.17, 15) is 13.2 Å². The third-order valence-corrected chi connectivity index (χ3v) is 8.68. The zero-order valence-electron chi connectivity index (χ0n) is 20.7. The topological polar surface area (TPSA) is 111 Å². The minimum Gasteiger partial charge on any atom is -0.490 e. The minimum atomic E-state index is -3.88. The number of nitrogens with zero attached hydrogens (tertiary/aromatic N) is 1. The lowest BCUT2D eigenvalue weighted by Gasteiger charge is -2.36. The van der Waals surface area contributed by atoms with E-state index in [4.69, 9.17) is 10.5 Å². The van der Waals surface area contributed by atoms with Gasteiger partial charge in [-0.25, -0.2) is 13.1 Å². The summed E-state index contributed by atoms with van der Waals surface area (Å²) < 4.78 is 41.0. The third-order valence-electron chi connectivity index (χ3n) is 6.31. The van der Waals surface area contributed by atoms with Crippen molar-refractivity contribution in [3.05, 3.63) is 42.5 Å². The third kappa shape index (κ3) is 6.11. The number of nitrogens with one attached hydrogen (secondary N) is 1. The summed E-state index contributed by atoms with van der Waals surface area (Å²) in [5.41, 5.74) is 6.71. The zero-order chi connectivity index (χ0) is 25.6. The molecule has 0 aromatic heterocycles. The summed E-state index contributed by atoms with van der Waals surface area (Å²) in [5.74, 6) is -0.245. The number of sulfonamides is 1. The molecule has 0 radical (unpaired) electrons. The Morgan fingerprint density at radius 3 is 2.57 bits per heavy atom. The Labute approximate surface area is 212 Å². The number of fused-ring (bicyclic) bond motifs is 1. The van der Waals surface area contributed by atoms with Gasteiger partial charge in [0.15, 0.2) is 0 Å². The second-order valence-corrected chi connectivity index (χ2v) is 11.2. The monoisotopic (exact) mass is 521 g/mol. The van der Waals surface area contributed by atoms with E-state index in [1.165, 1.54) is 24.9 Å². The highest BCUT2D eigenvalue weighted by molar-refractivity contribution is 7.98. The number of nitrogens with two attached hydrogens (primary N) is 1. The van der Waals surface area contributed by atoms with Crippen LogP contribution in [0.1, 0.15) is 39.5 Å². The number of hydrogen-bond acceptors (Lipinski definition) is 8. The van der Waals surface area contributed by atoms with E-state index in [0.29, 0.717) is 24.4 Å². The summed E-state index contributed by atoms with van der Waals surface area (Å²) in [4.78, 5) is 14.7. The average Bonchev–Trinajstić information content (AvgIpc) is 2.97. The van der Waals surface area contributed by atoms with Crippen LogP contribution in [0.4, 0.5) is 11.4 Å². The van der Waals surface area contributed by atoms with E-state index in [1.807, 2.05) is 49.6 Å². The first-order valence-corrected chi connectivity index (χ1v) is 14.5. The van der Waals surface area contributed by atoms with Crippen molar-refractivity contribution in [2.24, 2.45) is 5.73 Å². The maximum absolute atomic E-state index is 13.8. The number of methoxy groups -OCH3 is 1. The van der Waals surface area contributed by atoms with Crippen LogP contribution in [0.15, 0.2) is 52.3 Å². The largest absolute Gasteiger partial charge is 0.490 e. The lowest BCUT2D eigenvalue weighted by atomic mass is 9.89. The molecule has 3 N–H and O–H groups in total. The summed E-state index contributed by atoms with van der Waals surface area (Å²) in [6.07, 6.45) is 5.14. The fourth-order valence-corrected chi connectivity index (χ4v) is 6.48. The van der Waals surface area contributed by atoms with E-state index in [0.717, 1.165) is 29.8 Å². The average molecular weight is 522 g/mol. The van der Waals surface area contributed by atoms with Crippen molar-refractivity contribution in [3.8, 4) is 5.75 Å². The Morgan fingerprint density at radius 1 is 1.26 bits per heavy atom. The van der Waals surface area contributed by atoms with Gasteiger partial charge in [0, 0.05) is 18.3 Å². The van der Waals surface area contributed by atoms with Crippen molar-refractivity contribution in [1.29, 1.82) is 0 Å². The highest BCUT2D eigenvalue weighted by Crippen LogP contribution is 2.43. The van der Waals surface area contributed by atoms with Gasteiger partial charge in [-0.05, 0) is 37.3 Å². The quantitative estimate of drug-likeness (QED) is 0.356. The molecular formula is C25H35N3O5S2. The molecule has 10 heteroatoms. The Kier molecular flexibility index (Phi) is 9.09. The van der Waals surface area contributed by atoms with Gasteiger partial charge in [-0.2, -0.15) is 0 Å². The second kappa shape index (κ2) is 11.6. The standard InChI is InChI=1S/C25H35N3O5S2/c1-5-7-13-25(6-2)17-28(18-11-9-8-10-12-18)20-14-22(34-4)21(15-23(20)35(30,31)27-25)33-16-19(26)24(29)32-3/h8-12,14-15,19,27H,5-7,13,16-17,26H2,1-4H3/t19-,25?/m0/s1. The first-order chi connectivity index (χ1) is 16.7. The molecule has 0 spiro atoms. The van der Waals surface area contributed by atoms with Gasteiger partial charge in [-0.3, -0.25) is 4.79 Å². The molecule has 1 aliphatic rings. The Morgan fingerprint density at radius 2 is 1.97 bits per heavy atom. The normalized spacial score (nSPS) is 20.0. The molecule has 0 saturated carbocycles. The van der Waals surface area contributed by atoms with E-state index in [2.05, 4.69) is 21.3 Å². The van der Waals surface area contributed by atoms with Crippen molar-refractivity contribution >= 4 is 39.1 Å². The molecule has 0 fully saturated rings. The molecule has 1 unspecified atom stereocenters. The number of carbonyl (C=O) groups excluding carboxylic acids is 1. The Bertz CT molecular complexity index is 1130. The molecule has 8 nitrogen and oxygen atoms in total. The molecule has 0 saturated heterocycles. The van der Waals surface area contributed by atoms with Gasteiger partial charge in [-0.1, -0.05) is 44.9 Å². The highest BCUT2D eigenvalue weighted by atomic mass is 32.2. The number of anilines is 2. The Balaban J connectivity index is 2.16. The van der Waals surface area contributed by atoms with Crippen LogP contribution in [0.5, 0.6) is 5.75 Å². The summed E-state index contributed by atoms with van der Waals surface area (Å²) in [7, 11) is -2.62. The van der Waals surface area contributed by atoms with Gasteiger partial charge < -0.3 is 20.1 Å². The van der Waals surface area contributed by atoms with Gasteiger partial charge in [0.05, 0.1) is 23.2 Å². The van der Waals surface area contributed by atoms with Crippen LogP contribution in [0.25, 0.3) is 0 Å². The van der Waals surface area contributed by atoms with E-state index >= 15 is 0 Å².